The van der Waals surface area contributed by atoms with Gasteiger partial charge in [0.1, 0.15) is 11.6 Å². The molecule has 94 valence electrons. The molecule has 1 aliphatic rings. The Balaban J connectivity index is 2.08. The van der Waals surface area contributed by atoms with Crippen LogP contribution in [-0.2, 0) is 0 Å². The monoisotopic (exact) mass is 234 g/mol. The van der Waals surface area contributed by atoms with Crippen LogP contribution in [0.1, 0.15) is 34.6 Å². The Hall–Kier alpha value is -1.32. The van der Waals surface area contributed by atoms with Crippen LogP contribution in [0.5, 0.6) is 0 Å². The lowest BCUT2D eigenvalue weighted by atomic mass is 10.0. The minimum absolute atomic E-state index is 0.308. The zero-order valence-corrected chi connectivity index (χ0v) is 11.3. The molecular weight excluding hydrogens is 212 g/mol. The van der Waals surface area contributed by atoms with Gasteiger partial charge in [-0.3, -0.25) is 4.98 Å². The number of anilines is 2. The molecule has 0 aliphatic heterocycles. The fourth-order valence-corrected chi connectivity index (χ4v) is 2.41. The molecule has 1 aromatic heterocycles. The lowest BCUT2D eigenvalue weighted by molar-refractivity contribution is 0.457. The van der Waals surface area contributed by atoms with Crippen LogP contribution in [0.2, 0.25) is 0 Å². The van der Waals surface area contributed by atoms with Crippen LogP contribution in [0.15, 0.2) is 12.4 Å². The summed E-state index contributed by atoms with van der Waals surface area (Å²) < 4.78 is 0. The molecule has 0 amide bonds. The van der Waals surface area contributed by atoms with Crippen LogP contribution in [0.25, 0.3) is 0 Å². The third kappa shape index (κ3) is 1.96. The maximum absolute atomic E-state index is 4.49. The Morgan fingerprint density at radius 3 is 2.24 bits per heavy atom. The summed E-state index contributed by atoms with van der Waals surface area (Å²) in [5, 5.41) is 6.65. The van der Waals surface area contributed by atoms with E-state index >= 15 is 0 Å². The van der Waals surface area contributed by atoms with Crippen molar-refractivity contribution >= 4 is 11.6 Å². The zero-order chi connectivity index (χ0) is 12.7. The van der Waals surface area contributed by atoms with E-state index in [1.807, 2.05) is 0 Å². The molecule has 17 heavy (non-hydrogen) atoms. The van der Waals surface area contributed by atoms with Crippen LogP contribution >= 0.6 is 0 Å². The predicted molar refractivity (Wildman–Crippen MR) is 71.2 cm³/mol. The predicted octanol–water partition coefficient (Wildman–Crippen LogP) is 2.75. The maximum atomic E-state index is 4.49. The largest absolute Gasteiger partial charge is 0.369 e. The van der Waals surface area contributed by atoms with Crippen molar-refractivity contribution < 1.29 is 0 Å². The van der Waals surface area contributed by atoms with Crippen molar-refractivity contribution in [2.45, 2.75) is 40.7 Å². The van der Waals surface area contributed by atoms with E-state index in [1.165, 1.54) is 0 Å². The van der Waals surface area contributed by atoms with Gasteiger partial charge in [0.15, 0.2) is 0 Å². The van der Waals surface area contributed by atoms with Crippen molar-refractivity contribution in [1.82, 2.24) is 9.97 Å². The summed E-state index contributed by atoms with van der Waals surface area (Å²) in [6.45, 7) is 12.0. The van der Waals surface area contributed by atoms with Gasteiger partial charge in [0.25, 0.3) is 0 Å². The summed E-state index contributed by atoms with van der Waals surface area (Å²) in [6.07, 6.45) is 3.53. The Kier molecular flexibility index (Phi) is 2.76. The summed E-state index contributed by atoms with van der Waals surface area (Å²) in [6, 6.07) is 0.459. The molecule has 0 saturated heterocycles. The highest BCUT2D eigenvalue weighted by Gasteiger charge is 2.65. The molecular formula is C13H22N4. The lowest BCUT2D eigenvalue weighted by Crippen LogP contribution is -2.12. The first-order chi connectivity index (χ1) is 7.89. The SMILES string of the molecule is CCNc1cncc(NC2C(C)(C)C2(C)C)n1. The Labute approximate surface area is 103 Å². The van der Waals surface area contributed by atoms with Gasteiger partial charge in [0.2, 0.25) is 0 Å². The summed E-state index contributed by atoms with van der Waals surface area (Å²) in [4.78, 5) is 8.68. The van der Waals surface area contributed by atoms with Gasteiger partial charge >= 0.3 is 0 Å². The van der Waals surface area contributed by atoms with E-state index in [0.717, 1.165) is 18.2 Å². The normalized spacial score (nSPS) is 21.0. The fraction of sp³-hybridized carbons (Fsp3) is 0.692. The first kappa shape index (κ1) is 12.1. The number of hydrogen-bond donors (Lipinski definition) is 2. The smallest absolute Gasteiger partial charge is 0.147 e. The highest BCUT2D eigenvalue weighted by molar-refractivity contribution is 5.45. The van der Waals surface area contributed by atoms with E-state index in [1.54, 1.807) is 12.4 Å². The van der Waals surface area contributed by atoms with Crippen molar-refractivity contribution in [3.8, 4) is 0 Å². The van der Waals surface area contributed by atoms with E-state index in [2.05, 4.69) is 55.2 Å². The van der Waals surface area contributed by atoms with Gasteiger partial charge < -0.3 is 10.6 Å². The average molecular weight is 234 g/mol. The highest BCUT2D eigenvalue weighted by atomic mass is 15.1. The topological polar surface area (TPSA) is 49.8 Å². The molecule has 4 nitrogen and oxygen atoms in total. The number of hydrogen-bond acceptors (Lipinski definition) is 4. The molecule has 0 radical (unpaired) electrons. The van der Waals surface area contributed by atoms with Crippen molar-refractivity contribution in [3.63, 3.8) is 0 Å². The number of aromatic nitrogens is 2. The zero-order valence-electron chi connectivity index (χ0n) is 11.3. The molecule has 1 aromatic rings. The molecule has 2 N–H and O–H groups in total. The van der Waals surface area contributed by atoms with E-state index < -0.39 is 0 Å². The highest BCUT2D eigenvalue weighted by Crippen LogP contribution is 2.63. The summed E-state index contributed by atoms with van der Waals surface area (Å²) in [5.41, 5.74) is 0.617. The molecule has 1 saturated carbocycles. The quantitative estimate of drug-likeness (QED) is 0.841. The molecule has 1 heterocycles. The van der Waals surface area contributed by atoms with Crippen LogP contribution in [0, 0.1) is 10.8 Å². The van der Waals surface area contributed by atoms with Gasteiger partial charge in [0.05, 0.1) is 12.4 Å². The van der Waals surface area contributed by atoms with E-state index in [9.17, 15) is 0 Å². The van der Waals surface area contributed by atoms with Gasteiger partial charge in [-0.1, -0.05) is 27.7 Å². The van der Waals surface area contributed by atoms with Gasteiger partial charge in [-0.15, -0.1) is 0 Å². The van der Waals surface area contributed by atoms with Crippen LogP contribution in [0.4, 0.5) is 11.6 Å². The molecule has 0 spiro atoms. The summed E-state index contributed by atoms with van der Waals surface area (Å²) in [7, 11) is 0. The summed E-state index contributed by atoms with van der Waals surface area (Å²) >= 11 is 0. The van der Waals surface area contributed by atoms with Crippen molar-refractivity contribution in [2.75, 3.05) is 17.2 Å². The van der Waals surface area contributed by atoms with E-state index in [4.69, 9.17) is 0 Å². The Morgan fingerprint density at radius 1 is 1.12 bits per heavy atom. The third-order valence-corrected chi connectivity index (χ3v) is 4.31. The minimum atomic E-state index is 0.308. The molecule has 0 unspecified atom stereocenters. The molecule has 0 atom stereocenters. The lowest BCUT2D eigenvalue weighted by Gasteiger charge is -2.08. The molecule has 0 aromatic carbocycles. The van der Waals surface area contributed by atoms with Gasteiger partial charge in [-0.2, -0.15) is 0 Å². The standard InChI is InChI=1S/C13H22N4/c1-6-15-9-7-14-8-10(16-9)17-11-12(2,3)13(11,4)5/h7-8,11H,6H2,1-5H3,(H2,15,16,17). The summed E-state index contributed by atoms with van der Waals surface area (Å²) in [5.74, 6) is 1.68. The van der Waals surface area contributed by atoms with Gasteiger partial charge in [0, 0.05) is 12.6 Å². The number of rotatable bonds is 4. The first-order valence-corrected chi connectivity index (χ1v) is 6.22. The van der Waals surface area contributed by atoms with Crippen LogP contribution in [0.3, 0.4) is 0 Å². The van der Waals surface area contributed by atoms with Gasteiger partial charge in [-0.05, 0) is 17.8 Å². The average Bonchev–Trinajstić information content (AvgIpc) is 2.62. The molecule has 1 fully saturated rings. The second-order valence-corrected chi connectivity index (χ2v) is 5.84. The number of nitrogens with zero attached hydrogens (tertiary/aromatic N) is 2. The maximum Gasteiger partial charge on any atom is 0.147 e. The minimum Gasteiger partial charge on any atom is -0.369 e. The number of nitrogens with one attached hydrogen (secondary N) is 2. The van der Waals surface area contributed by atoms with Crippen LogP contribution in [-0.4, -0.2) is 22.6 Å². The Morgan fingerprint density at radius 2 is 1.71 bits per heavy atom. The Bertz CT molecular complexity index is 398. The van der Waals surface area contributed by atoms with Crippen molar-refractivity contribution in [2.24, 2.45) is 10.8 Å². The molecule has 2 rings (SSSR count). The van der Waals surface area contributed by atoms with Crippen molar-refractivity contribution in [1.29, 1.82) is 0 Å². The van der Waals surface area contributed by atoms with Crippen LogP contribution < -0.4 is 10.6 Å². The molecule has 4 heteroatoms. The second kappa shape index (κ2) is 3.86. The van der Waals surface area contributed by atoms with E-state index in [0.29, 0.717) is 16.9 Å². The first-order valence-electron chi connectivity index (χ1n) is 6.22. The fourth-order valence-electron chi connectivity index (χ4n) is 2.41. The van der Waals surface area contributed by atoms with Gasteiger partial charge in [-0.25, -0.2) is 4.98 Å². The molecule has 0 bridgehead atoms. The third-order valence-electron chi connectivity index (χ3n) is 4.31. The molecule has 1 aliphatic carbocycles. The second-order valence-electron chi connectivity index (χ2n) is 5.84. The van der Waals surface area contributed by atoms with E-state index in [-0.39, 0.29) is 0 Å². The van der Waals surface area contributed by atoms with Crippen molar-refractivity contribution in [3.05, 3.63) is 12.4 Å².